The molecule has 0 unspecified atom stereocenters. The second-order valence-corrected chi connectivity index (χ2v) is 3.90. The molecule has 0 aromatic heterocycles. The van der Waals surface area contributed by atoms with Crippen LogP contribution in [0.15, 0.2) is 12.2 Å². The van der Waals surface area contributed by atoms with Gasteiger partial charge in [-0.3, -0.25) is 4.79 Å². The number of nitrogens with one attached hydrogen (secondary N) is 2. The Hall–Kier alpha value is -2.09. The zero-order valence-corrected chi connectivity index (χ0v) is 10.6. The minimum atomic E-state index is -1.46. The molecule has 0 spiro atoms. The molecule has 19 heavy (non-hydrogen) atoms. The number of amides is 2. The molecule has 0 radical (unpaired) electrons. The topological polar surface area (TPSA) is 125 Å². The third-order valence-corrected chi connectivity index (χ3v) is 1.86. The highest BCUT2D eigenvalue weighted by Crippen LogP contribution is 1.92. The lowest BCUT2D eigenvalue weighted by atomic mass is 10.2. The van der Waals surface area contributed by atoms with Gasteiger partial charge >= 0.3 is 18.0 Å². The van der Waals surface area contributed by atoms with Gasteiger partial charge in [0.05, 0.1) is 19.6 Å². The molecule has 1 atom stereocenters. The van der Waals surface area contributed by atoms with E-state index in [1.54, 1.807) is 6.92 Å². The zero-order valence-electron chi connectivity index (χ0n) is 10.6. The molecule has 108 valence electrons. The fraction of sp³-hybridized carbons (Fsp3) is 0.545. The van der Waals surface area contributed by atoms with E-state index >= 15 is 0 Å². The first-order valence-corrected chi connectivity index (χ1v) is 5.54. The summed E-state index contributed by atoms with van der Waals surface area (Å²) in [7, 11) is 0. The van der Waals surface area contributed by atoms with E-state index in [2.05, 4.69) is 11.9 Å². The molecular formula is C11H18N2O6. The molecule has 0 aromatic rings. The Balaban J connectivity index is 3.90. The summed E-state index contributed by atoms with van der Waals surface area (Å²) in [5.41, 5.74) is 0.844. The molecule has 4 N–H and O–H groups in total. The van der Waals surface area contributed by atoms with E-state index in [1.807, 2.05) is 5.32 Å². The second-order valence-electron chi connectivity index (χ2n) is 3.90. The Bertz CT molecular complexity index is 355. The van der Waals surface area contributed by atoms with Gasteiger partial charge in [-0.1, -0.05) is 12.2 Å². The normalized spacial score (nSPS) is 11.4. The number of carboxylic acid groups (broad SMARTS) is 2. The van der Waals surface area contributed by atoms with Gasteiger partial charge in [0.25, 0.3) is 0 Å². The van der Waals surface area contributed by atoms with Gasteiger partial charge in [0, 0.05) is 6.54 Å². The number of aliphatic carboxylic acids is 2. The lowest BCUT2D eigenvalue weighted by molar-refractivity contribution is -0.145. The van der Waals surface area contributed by atoms with Gasteiger partial charge < -0.3 is 25.6 Å². The smallest absolute Gasteiger partial charge is 0.326 e. The number of carboxylic acids is 2. The number of carbonyl (C=O) groups excluding carboxylic acids is 1. The van der Waals surface area contributed by atoms with Crippen LogP contribution in [0.2, 0.25) is 0 Å². The quantitative estimate of drug-likeness (QED) is 0.341. The monoisotopic (exact) mass is 274 g/mol. The number of carbonyl (C=O) groups is 3. The fourth-order valence-corrected chi connectivity index (χ4v) is 1.07. The summed E-state index contributed by atoms with van der Waals surface area (Å²) in [6.07, 6.45) is -0.686. The molecule has 0 saturated heterocycles. The zero-order chi connectivity index (χ0) is 14.8. The Morgan fingerprint density at radius 3 is 2.42 bits per heavy atom. The Kier molecular flexibility index (Phi) is 7.94. The van der Waals surface area contributed by atoms with Crippen LogP contribution in [-0.4, -0.2) is 54.0 Å². The van der Waals surface area contributed by atoms with Crippen LogP contribution in [0.3, 0.4) is 0 Å². The van der Waals surface area contributed by atoms with Gasteiger partial charge in [0.2, 0.25) is 0 Å². The molecule has 0 fully saturated rings. The molecule has 0 aliphatic heterocycles. The predicted molar refractivity (Wildman–Crippen MR) is 65.8 cm³/mol. The van der Waals surface area contributed by atoms with E-state index < -0.39 is 30.4 Å². The Morgan fingerprint density at radius 1 is 1.32 bits per heavy atom. The maximum atomic E-state index is 11.3. The lowest BCUT2D eigenvalue weighted by Gasteiger charge is -2.13. The van der Waals surface area contributed by atoms with Gasteiger partial charge in [-0.2, -0.15) is 0 Å². The van der Waals surface area contributed by atoms with Gasteiger partial charge in [0.15, 0.2) is 0 Å². The molecule has 2 amide bonds. The van der Waals surface area contributed by atoms with Crippen molar-refractivity contribution in [1.29, 1.82) is 0 Å². The van der Waals surface area contributed by atoms with Gasteiger partial charge in [-0.25, -0.2) is 9.59 Å². The highest BCUT2D eigenvalue weighted by Gasteiger charge is 2.22. The van der Waals surface area contributed by atoms with Crippen LogP contribution >= 0.6 is 0 Å². The minimum absolute atomic E-state index is 0.179. The molecule has 0 rings (SSSR count). The summed E-state index contributed by atoms with van der Waals surface area (Å²) in [4.78, 5) is 32.4. The number of ether oxygens (including phenoxy) is 1. The molecule has 0 aromatic carbocycles. The van der Waals surface area contributed by atoms with E-state index in [0.29, 0.717) is 6.61 Å². The SMILES string of the molecule is C=C(C)COCCNC(=O)N[C@@H](CC(=O)O)C(=O)O. The average molecular weight is 274 g/mol. The van der Waals surface area contributed by atoms with Crippen LogP contribution in [-0.2, 0) is 14.3 Å². The maximum absolute atomic E-state index is 11.3. The largest absolute Gasteiger partial charge is 0.481 e. The number of hydrogen-bond donors (Lipinski definition) is 4. The van der Waals surface area contributed by atoms with Gasteiger partial charge in [-0.15, -0.1) is 0 Å². The van der Waals surface area contributed by atoms with Crippen molar-refractivity contribution in [2.75, 3.05) is 19.8 Å². The fourth-order valence-electron chi connectivity index (χ4n) is 1.07. The summed E-state index contributed by atoms with van der Waals surface area (Å²) < 4.78 is 5.11. The van der Waals surface area contributed by atoms with Crippen molar-refractivity contribution >= 4 is 18.0 Å². The molecule has 8 heteroatoms. The lowest BCUT2D eigenvalue weighted by Crippen LogP contribution is -2.47. The van der Waals surface area contributed by atoms with Crippen LogP contribution in [0.25, 0.3) is 0 Å². The predicted octanol–water partition coefficient (Wildman–Crippen LogP) is -0.194. The van der Waals surface area contributed by atoms with E-state index in [-0.39, 0.29) is 13.2 Å². The van der Waals surface area contributed by atoms with Crippen molar-refractivity contribution in [2.45, 2.75) is 19.4 Å². The van der Waals surface area contributed by atoms with Crippen molar-refractivity contribution in [3.63, 3.8) is 0 Å². The first-order valence-electron chi connectivity index (χ1n) is 5.54. The summed E-state index contributed by atoms with van der Waals surface area (Å²) >= 11 is 0. The number of urea groups is 1. The second kappa shape index (κ2) is 8.92. The molecule has 0 bridgehead atoms. The summed E-state index contributed by atoms with van der Waals surface area (Å²) in [5.74, 6) is -2.71. The summed E-state index contributed by atoms with van der Waals surface area (Å²) in [6.45, 7) is 6.22. The first-order chi connectivity index (χ1) is 8.82. The average Bonchev–Trinajstić information content (AvgIpc) is 2.26. The molecule has 8 nitrogen and oxygen atoms in total. The highest BCUT2D eigenvalue weighted by molar-refractivity contribution is 5.86. The summed E-state index contributed by atoms with van der Waals surface area (Å²) in [5, 5.41) is 21.6. The molecule has 0 heterocycles. The third kappa shape index (κ3) is 9.60. The van der Waals surface area contributed by atoms with Crippen LogP contribution in [0.1, 0.15) is 13.3 Å². The van der Waals surface area contributed by atoms with E-state index in [9.17, 15) is 14.4 Å². The van der Waals surface area contributed by atoms with Crippen molar-refractivity contribution in [2.24, 2.45) is 0 Å². The number of rotatable bonds is 9. The third-order valence-electron chi connectivity index (χ3n) is 1.86. The summed E-state index contributed by atoms with van der Waals surface area (Å²) in [6, 6.07) is -2.22. The van der Waals surface area contributed by atoms with Gasteiger partial charge in [0.1, 0.15) is 6.04 Å². The minimum Gasteiger partial charge on any atom is -0.481 e. The number of hydrogen-bond acceptors (Lipinski definition) is 4. The highest BCUT2D eigenvalue weighted by atomic mass is 16.5. The van der Waals surface area contributed by atoms with Crippen LogP contribution in [0.4, 0.5) is 4.79 Å². The van der Waals surface area contributed by atoms with E-state index in [1.165, 1.54) is 0 Å². The molecular weight excluding hydrogens is 256 g/mol. The van der Waals surface area contributed by atoms with Crippen LogP contribution in [0.5, 0.6) is 0 Å². The van der Waals surface area contributed by atoms with Crippen LogP contribution in [0, 0.1) is 0 Å². The van der Waals surface area contributed by atoms with Crippen molar-refractivity contribution in [3.05, 3.63) is 12.2 Å². The van der Waals surface area contributed by atoms with Crippen molar-refractivity contribution in [3.8, 4) is 0 Å². The van der Waals surface area contributed by atoms with E-state index in [4.69, 9.17) is 14.9 Å². The van der Waals surface area contributed by atoms with Crippen molar-refractivity contribution in [1.82, 2.24) is 10.6 Å². The van der Waals surface area contributed by atoms with Crippen molar-refractivity contribution < 1.29 is 29.3 Å². The molecule has 0 saturated carbocycles. The molecule has 0 aliphatic rings. The molecule has 0 aliphatic carbocycles. The first kappa shape index (κ1) is 16.9. The van der Waals surface area contributed by atoms with E-state index in [0.717, 1.165) is 5.57 Å². The Labute approximate surface area is 110 Å². The Morgan fingerprint density at radius 2 is 1.95 bits per heavy atom. The van der Waals surface area contributed by atoms with Crippen LogP contribution < -0.4 is 10.6 Å². The maximum Gasteiger partial charge on any atom is 0.326 e. The van der Waals surface area contributed by atoms with Gasteiger partial charge in [-0.05, 0) is 6.92 Å². The standard InChI is InChI=1S/C11H18N2O6/c1-7(2)6-19-4-3-12-11(18)13-8(10(16)17)5-9(14)15/h8H,1,3-6H2,2H3,(H,14,15)(H,16,17)(H2,12,13,18)/t8-/m0/s1.